The first-order valence-electron chi connectivity index (χ1n) is 3.24. The van der Waals surface area contributed by atoms with Gasteiger partial charge < -0.3 is 10.6 Å². The van der Waals surface area contributed by atoms with Gasteiger partial charge in [0.2, 0.25) is 5.91 Å². The molecule has 11 heavy (non-hydrogen) atoms. The number of carbonyl (C=O) groups is 1. The van der Waals surface area contributed by atoms with E-state index >= 15 is 0 Å². The van der Waals surface area contributed by atoms with E-state index in [2.05, 4.69) is 10.6 Å². The molecule has 0 aromatic carbocycles. The number of alkyl halides is 1. The third-order valence-corrected chi connectivity index (χ3v) is 1.57. The number of hydrogen-bond donors (Lipinski definition) is 2. The van der Waals surface area contributed by atoms with E-state index in [9.17, 15) is 4.79 Å². The van der Waals surface area contributed by atoms with Crippen LogP contribution in [0.15, 0.2) is 24.0 Å². The van der Waals surface area contributed by atoms with Crippen LogP contribution in [0.5, 0.6) is 0 Å². The molecule has 1 heterocycles. The average molecular weight is 173 g/mol. The van der Waals surface area contributed by atoms with Crippen molar-refractivity contribution in [2.75, 3.05) is 0 Å². The van der Waals surface area contributed by atoms with E-state index in [0.717, 1.165) is 0 Å². The predicted octanol–water partition coefficient (Wildman–Crippen LogP) is 0.688. The predicted molar refractivity (Wildman–Crippen MR) is 43.8 cm³/mol. The van der Waals surface area contributed by atoms with Crippen LogP contribution in [0.1, 0.15) is 6.92 Å². The number of dihydropyridines is 1. The highest BCUT2D eigenvalue weighted by Crippen LogP contribution is 2.07. The maximum Gasteiger partial charge on any atom is 0.221 e. The van der Waals surface area contributed by atoms with E-state index in [-0.39, 0.29) is 11.4 Å². The minimum absolute atomic E-state index is 0.112. The summed E-state index contributed by atoms with van der Waals surface area (Å²) in [5.41, 5.74) is 0.352. The molecule has 0 saturated heterocycles. The lowest BCUT2D eigenvalue weighted by Gasteiger charge is -2.16. The molecule has 0 aliphatic carbocycles. The van der Waals surface area contributed by atoms with Gasteiger partial charge >= 0.3 is 0 Å². The number of allylic oxidation sites excluding steroid dienone is 2. The fourth-order valence-electron chi connectivity index (χ4n) is 0.774. The maximum atomic E-state index is 10.6. The van der Waals surface area contributed by atoms with E-state index in [0.29, 0.717) is 5.70 Å². The maximum absolute atomic E-state index is 10.6. The first-order chi connectivity index (χ1) is 5.20. The third-order valence-electron chi connectivity index (χ3n) is 1.21. The Morgan fingerprint density at radius 1 is 1.82 bits per heavy atom. The van der Waals surface area contributed by atoms with Crippen LogP contribution in [0.3, 0.4) is 0 Å². The molecule has 0 spiro atoms. The summed E-state index contributed by atoms with van der Waals surface area (Å²) in [6.45, 7) is 1.45. The third kappa shape index (κ3) is 2.27. The van der Waals surface area contributed by atoms with Gasteiger partial charge in [-0.3, -0.25) is 4.79 Å². The lowest BCUT2D eigenvalue weighted by Crippen LogP contribution is -2.33. The summed E-state index contributed by atoms with van der Waals surface area (Å²) in [6.07, 6.45) is 5.27. The molecule has 0 bridgehead atoms. The summed E-state index contributed by atoms with van der Waals surface area (Å²) in [4.78, 5) is 10.6. The van der Waals surface area contributed by atoms with Gasteiger partial charge in [0, 0.05) is 6.92 Å². The SMILES string of the molecule is CC(=O)NC1=CC=CNC1Cl. The van der Waals surface area contributed by atoms with Gasteiger partial charge in [0.05, 0.1) is 5.70 Å². The zero-order valence-electron chi connectivity index (χ0n) is 6.10. The van der Waals surface area contributed by atoms with Crippen LogP contribution < -0.4 is 10.6 Å². The van der Waals surface area contributed by atoms with Gasteiger partial charge in [-0.2, -0.15) is 0 Å². The molecule has 1 rings (SSSR count). The Labute approximate surface area is 70.1 Å². The van der Waals surface area contributed by atoms with Crippen LogP contribution in [-0.2, 0) is 4.79 Å². The summed E-state index contributed by atoms with van der Waals surface area (Å²) in [5, 5.41) is 5.45. The second-order valence-corrected chi connectivity index (χ2v) is 2.63. The Morgan fingerprint density at radius 2 is 2.55 bits per heavy atom. The Kier molecular flexibility index (Phi) is 2.54. The Balaban J connectivity index is 2.61. The smallest absolute Gasteiger partial charge is 0.221 e. The molecule has 0 fully saturated rings. The van der Waals surface area contributed by atoms with Crippen molar-refractivity contribution in [3.63, 3.8) is 0 Å². The molecule has 1 aliphatic heterocycles. The van der Waals surface area contributed by atoms with Crippen molar-refractivity contribution in [3.05, 3.63) is 24.0 Å². The van der Waals surface area contributed by atoms with Crippen LogP contribution in [0.4, 0.5) is 0 Å². The van der Waals surface area contributed by atoms with Crippen LogP contribution in [0.25, 0.3) is 0 Å². The van der Waals surface area contributed by atoms with E-state index < -0.39 is 0 Å². The fraction of sp³-hybridized carbons (Fsp3) is 0.286. The van der Waals surface area contributed by atoms with Crippen molar-refractivity contribution < 1.29 is 4.79 Å². The highest BCUT2D eigenvalue weighted by Gasteiger charge is 2.11. The van der Waals surface area contributed by atoms with E-state index in [4.69, 9.17) is 11.6 Å². The second kappa shape index (κ2) is 3.44. The largest absolute Gasteiger partial charge is 0.370 e. The standard InChI is InChI=1S/C7H9ClN2O/c1-5(11)10-6-3-2-4-9-7(6)8/h2-4,7,9H,1H3,(H,10,11). The van der Waals surface area contributed by atoms with Crippen molar-refractivity contribution >= 4 is 17.5 Å². The van der Waals surface area contributed by atoms with Gasteiger partial charge in [-0.1, -0.05) is 11.6 Å². The molecular weight excluding hydrogens is 164 g/mol. The van der Waals surface area contributed by atoms with Crippen molar-refractivity contribution in [2.45, 2.75) is 12.4 Å². The number of nitrogens with one attached hydrogen (secondary N) is 2. The van der Waals surface area contributed by atoms with Crippen molar-refractivity contribution in [1.82, 2.24) is 10.6 Å². The highest BCUT2D eigenvalue weighted by atomic mass is 35.5. The van der Waals surface area contributed by atoms with Gasteiger partial charge in [0.1, 0.15) is 5.50 Å². The van der Waals surface area contributed by atoms with E-state index in [1.165, 1.54) is 6.92 Å². The first kappa shape index (κ1) is 8.14. The number of hydrogen-bond acceptors (Lipinski definition) is 2. The number of amides is 1. The molecule has 1 unspecified atom stereocenters. The number of rotatable bonds is 1. The van der Waals surface area contributed by atoms with Crippen LogP contribution in [0, 0.1) is 0 Å². The Morgan fingerprint density at radius 3 is 3.09 bits per heavy atom. The first-order valence-corrected chi connectivity index (χ1v) is 3.68. The Hall–Kier alpha value is -0.960. The monoisotopic (exact) mass is 172 g/mol. The number of halogens is 1. The van der Waals surface area contributed by atoms with Gasteiger partial charge in [-0.15, -0.1) is 0 Å². The van der Waals surface area contributed by atoms with Gasteiger partial charge in [0.25, 0.3) is 0 Å². The molecule has 0 saturated carbocycles. The zero-order valence-corrected chi connectivity index (χ0v) is 6.85. The van der Waals surface area contributed by atoms with Crippen LogP contribution in [0.2, 0.25) is 0 Å². The normalized spacial score (nSPS) is 22.0. The fourth-order valence-corrected chi connectivity index (χ4v) is 0.974. The average Bonchev–Trinajstić information content (AvgIpc) is 1.93. The summed E-state index contributed by atoms with van der Waals surface area (Å²) in [5.74, 6) is -0.112. The van der Waals surface area contributed by atoms with Gasteiger partial charge in [-0.05, 0) is 18.4 Å². The Bertz CT molecular complexity index is 222. The number of carbonyl (C=O) groups excluding carboxylic acids is 1. The second-order valence-electron chi connectivity index (χ2n) is 2.19. The van der Waals surface area contributed by atoms with E-state index in [1.54, 1.807) is 18.4 Å². The molecule has 60 valence electrons. The topological polar surface area (TPSA) is 41.1 Å². The molecule has 1 amide bonds. The molecule has 3 nitrogen and oxygen atoms in total. The zero-order chi connectivity index (χ0) is 8.27. The van der Waals surface area contributed by atoms with Gasteiger partial charge in [0.15, 0.2) is 0 Å². The lowest BCUT2D eigenvalue weighted by atomic mass is 10.3. The molecule has 0 aromatic rings. The van der Waals surface area contributed by atoms with Crippen LogP contribution >= 0.6 is 11.6 Å². The molecule has 1 aliphatic rings. The summed E-state index contributed by atoms with van der Waals surface area (Å²) in [6, 6.07) is 0. The molecule has 2 N–H and O–H groups in total. The van der Waals surface area contributed by atoms with Gasteiger partial charge in [-0.25, -0.2) is 0 Å². The molecule has 0 radical (unpaired) electrons. The molecule has 1 atom stereocenters. The quantitative estimate of drug-likeness (QED) is 0.452. The minimum Gasteiger partial charge on any atom is -0.370 e. The minimum atomic E-state index is -0.330. The van der Waals surface area contributed by atoms with Crippen molar-refractivity contribution in [2.24, 2.45) is 0 Å². The summed E-state index contributed by atoms with van der Waals surface area (Å²) in [7, 11) is 0. The molecule has 4 heteroatoms. The van der Waals surface area contributed by atoms with Crippen molar-refractivity contribution in [3.8, 4) is 0 Å². The van der Waals surface area contributed by atoms with Crippen LogP contribution in [-0.4, -0.2) is 11.4 Å². The van der Waals surface area contributed by atoms with E-state index in [1.807, 2.05) is 0 Å². The summed E-state index contributed by atoms with van der Waals surface area (Å²) >= 11 is 5.78. The summed E-state index contributed by atoms with van der Waals surface area (Å²) < 4.78 is 0. The van der Waals surface area contributed by atoms with Crippen molar-refractivity contribution in [1.29, 1.82) is 0 Å². The molecule has 0 aromatic heterocycles. The lowest BCUT2D eigenvalue weighted by molar-refractivity contribution is -0.118. The highest BCUT2D eigenvalue weighted by molar-refractivity contribution is 6.22. The molecular formula is C7H9ClN2O.